The van der Waals surface area contributed by atoms with Gasteiger partial charge in [-0.15, -0.1) is 0 Å². The first-order chi connectivity index (χ1) is 13.0. The monoisotopic (exact) mass is 364 g/mol. The Morgan fingerprint density at radius 3 is 2.59 bits per heavy atom. The summed E-state index contributed by atoms with van der Waals surface area (Å²) in [7, 11) is 0. The number of nitrogens with one attached hydrogen (secondary N) is 2. The number of carboxylic acid groups (broad SMARTS) is 1. The molecule has 1 amide bonds. The number of aryl methyl sites for hydroxylation is 1. The zero-order valence-corrected chi connectivity index (χ0v) is 15.7. The molecule has 0 bridgehead atoms. The summed E-state index contributed by atoms with van der Waals surface area (Å²) < 4.78 is 0. The van der Waals surface area contributed by atoms with Crippen molar-refractivity contribution in [3.63, 3.8) is 0 Å². The summed E-state index contributed by atoms with van der Waals surface area (Å²) in [6.07, 6.45) is 8.06. The number of hydrogen-bond acceptors (Lipinski definition) is 2. The van der Waals surface area contributed by atoms with Gasteiger partial charge in [-0.2, -0.15) is 0 Å². The van der Waals surface area contributed by atoms with Gasteiger partial charge < -0.3 is 15.4 Å². The zero-order chi connectivity index (χ0) is 19.1. The molecule has 1 aromatic heterocycles. The number of aromatic nitrogens is 1. The minimum atomic E-state index is -0.959. The van der Waals surface area contributed by atoms with E-state index in [1.165, 1.54) is 37.7 Å². The van der Waals surface area contributed by atoms with Crippen LogP contribution in [0.15, 0.2) is 18.2 Å². The van der Waals surface area contributed by atoms with Crippen LogP contribution in [-0.4, -0.2) is 22.0 Å². The topological polar surface area (TPSA) is 82.2 Å². The molecule has 0 saturated heterocycles. The molecule has 1 aliphatic heterocycles. The van der Waals surface area contributed by atoms with Crippen LogP contribution in [0, 0.1) is 13.8 Å². The Hall–Kier alpha value is -2.82. The lowest BCUT2D eigenvalue weighted by atomic mass is 9.83. The molecule has 2 aromatic rings. The van der Waals surface area contributed by atoms with E-state index in [2.05, 4.69) is 22.4 Å². The Kier molecular flexibility index (Phi) is 4.38. The summed E-state index contributed by atoms with van der Waals surface area (Å²) in [4.78, 5) is 27.1. The summed E-state index contributed by atoms with van der Waals surface area (Å²) in [5.74, 6) is -0.519. The Balaban J connectivity index is 1.71. The molecule has 1 aliphatic carbocycles. The summed E-state index contributed by atoms with van der Waals surface area (Å²) >= 11 is 0. The molecule has 5 nitrogen and oxygen atoms in total. The summed E-state index contributed by atoms with van der Waals surface area (Å²) in [5.41, 5.74) is 5.78. The molecule has 5 heteroatoms. The first-order valence-electron chi connectivity index (χ1n) is 9.55. The van der Waals surface area contributed by atoms with Crippen molar-refractivity contribution in [2.75, 3.05) is 5.32 Å². The third-order valence-corrected chi connectivity index (χ3v) is 5.88. The predicted octanol–water partition coefficient (Wildman–Crippen LogP) is 4.87. The maximum Gasteiger partial charge on any atom is 0.337 e. The van der Waals surface area contributed by atoms with Crippen molar-refractivity contribution in [3.8, 4) is 0 Å². The van der Waals surface area contributed by atoms with E-state index in [1.807, 2.05) is 6.07 Å². The first-order valence-corrected chi connectivity index (χ1v) is 9.55. The normalized spacial score (nSPS) is 18.6. The Labute approximate surface area is 158 Å². The lowest BCUT2D eigenvalue weighted by Gasteiger charge is -2.22. The predicted molar refractivity (Wildman–Crippen MR) is 106 cm³/mol. The standard InChI is InChI=1S/C22H24N2O3/c1-12-18(23-13(2)20(12)22(26)27)11-17-16-9-8-15(10-19(16)24-21(17)25)14-6-4-3-5-7-14/h8-11,14,23H,3-7H2,1-2H3,(H,24,25)(H,26,27)/b17-11-. The van der Waals surface area contributed by atoms with Gasteiger partial charge in [0.25, 0.3) is 5.91 Å². The van der Waals surface area contributed by atoms with Gasteiger partial charge in [-0.3, -0.25) is 4.79 Å². The van der Waals surface area contributed by atoms with Crippen molar-refractivity contribution in [2.45, 2.75) is 51.9 Å². The summed E-state index contributed by atoms with van der Waals surface area (Å²) in [6, 6.07) is 6.27. The number of hydrogen-bond donors (Lipinski definition) is 3. The quantitative estimate of drug-likeness (QED) is 0.680. The van der Waals surface area contributed by atoms with Crippen molar-refractivity contribution in [3.05, 3.63) is 51.8 Å². The van der Waals surface area contributed by atoms with E-state index < -0.39 is 5.97 Å². The molecule has 2 heterocycles. The fraction of sp³-hybridized carbons (Fsp3) is 0.364. The van der Waals surface area contributed by atoms with Gasteiger partial charge in [0.2, 0.25) is 0 Å². The number of carbonyl (C=O) groups is 2. The number of benzene rings is 1. The molecular weight excluding hydrogens is 340 g/mol. The third kappa shape index (κ3) is 3.07. The van der Waals surface area contributed by atoms with Gasteiger partial charge in [0.05, 0.1) is 11.1 Å². The molecule has 3 N–H and O–H groups in total. The number of aromatic carboxylic acids is 1. The van der Waals surface area contributed by atoms with Gasteiger partial charge >= 0.3 is 5.97 Å². The molecule has 140 valence electrons. The van der Waals surface area contributed by atoms with Crippen molar-refractivity contribution < 1.29 is 14.7 Å². The number of H-pyrrole nitrogens is 1. The molecule has 2 aliphatic rings. The Bertz CT molecular complexity index is 962. The Morgan fingerprint density at radius 1 is 1.19 bits per heavy atom. The first kappa shape index (κ1) is 17.6. The van der Waals surface area contributed by atoms with E-state index in [4.69, 9.17) is 0 Å². The highest BCUT2D eigenvalue weighted by molar-refractivity contribution is 6.35. The molecule has 1 saturated carbocycles. The Morgan fingerprint density at radius 2 is 1.93 bits per heavy atom. The fourth-order valence-electron chi connectivity index (χ4n) is 4.43. The van der Waals surface area contributed by atoms with Crippen LogP contribution in [0.4, 0.5) is 5.69 Å². The molecule has 0 radical (unpaired) electrons. The number of aromatic amines is 1. The zero-order valence-electron chi connectivity index (χ0n) is 15.7. The van der Waals surface area contributed by atoms with Crippen LogP contribution in [-0.2, 0) is 4.79 Å². The molecular formula is C22H24N2O3. The van der Waals surface area contributed by atoms with Crippen LogP contribution >= 0.6 is 0 Å². The highest BCUT2D eigenvalue weighted by Gasteiger charge is 2.27. The van der Waals surface area contributed by atoms with Crippen molar-refractivity contribution >= 4 is 29.2 Å². The SMILES string of the molecule is Cc1[nH]c(/C=C2\C(=O)Nc3cc(C4CCCCC4)ccc32)c(C)c1C(=O)O. The second kappa shape index (κ2) is 6.72. The van der Waals surface area contributed by atoms with Crippen molar-refractivity contribution in [1.82, 2.24) is 4.98 Å². The van der Waals surface area contributed by atoms with Gasteiger partial charge in [0.1, 0.15) is 0 Å². The lowest BCUT2D eigenvalue weighted by Crippen LogP contribution is -2.05. The van der Waals surface area contributed by atoms with Crippen LogP contribution in [0.1, 0.15) is 76.5 Å². The minimum Gasteiger partial charge on any atom is -0.478 e. The van der Waals surface area contributed by atoms with Gasteiger partial charge in [0, 0.05) is 22.6 Å². The van der Waals surface area contributed by atoms with E-state index >= 15 is 0 Å². The summed E-state index contributed by atoms with van der Waals surface area (Å²) in [5, 5.41) is 12.3. The molecule has 0 atom stereocenters. The number of amides is 1. The number of carboxylic acids is 1. The van der Waals surface area contributed by atoms with Crippen molar-refractivity contribution in [2.24, 2.45) is 0 Å². The van der Waals surface area contributed by atoms with Gasteiger partial charge in [0.15, 0.2) is 0 Å². The maximum atomic E-state index is 12.6. The van der Waals surface area contributed by atoms with Crippen LogP contribution < -0.4 is 5.32 Å². The molecule has 27 heavy (non-hydrogen) atoms. The summed E-state index contributed by atoms with van der Waals surface area (Å²) in [6.45, 7) is 3.50. The number of carbonyl (C=O) groups excluding carboxylic acids is 1. The average molecular weight is 364 g/mol. The van der Waals surface area contributed by atoms with Crippen LogP contribution in [0.25, 0.3) is 11.6 Å². The van der Waals surface area contributed by atoms with Gasteiger partial charge in [-0.25, -0.2) is 4.79 Å². The van der Waals surface area contributed by atoms with Crippen molar-refractivity contribution in [1.29, 1.82) is 0 Å². The number of anilines is 1. The average Bonchev–Trinajstić information content (AvgIpc) is 3.11. The van der Waals surface area contributed by atoms with E-state index in [0.717, 1.165) is 11.3 Å². The van der Waals surface area contributed by atoms with E-state index in [1.54, 1.807) is 19.9 Å². The minimum absolute atomic E-state index is 0.144. The molecule has 1 aromatic carbocycles. The molecule has 1 fully saturated rings. The lowest BCUT2D eigenvalue weighted by molar-refractivity contribution is -0.110. The second-order valence-corrected chi connectivity index (χ2v) is 7.62. The maximum absolute atomic E-state index is 12.6. The fourth-order valence-corrected chi connectivity index (χ4v) is 4.43. The van der Waals surface area contributed by atoms with Crippen LogP contribution in [0.2, 0.25) is 0 Å². The second-order valence-electron chi connectivity index (χ2n) is 7.62. The number of rotatable bonds is 3. The van der Waals surface area contributed by atoms with Crippen LogP contribution in [0.5, 0.6) is 0 Å². The molecule has 4 rings (SSSR count). The van der Waals surface area contributed by atoms with E-state index in [-0.39, 0.29) is 11.5 Å². The van der Waals surface area contributed by atoms with E-state index in [9.17, 15) is 14.7 Å². The highest BCUT2D eigenvalue weighted by Crippen LogP contribution is 2.39. The van der Waals surface area contributed by atoms with Crippen LogP contribution in [0.3, 0.4) is 0 Å². The van der Waals surface area contributed by atoms with E-state index in [0.29, 0.717) is 28.4 Å². The largest absolute Gasteiger partial charge is 0.478 e. The van der Waals surface area contributed by atoms with Gasteiger partial charge in [-0.1, -0.05) is 31.4 Å². The highest BCUT2D eigenvalue weighted by atomic mass is 16.4. The molecule has 0 unspecified atom stereocenters. The smallest absolute Gasteiger partial charge is 0.337 e. The third-order valence-electron chi connectivity index (χ3n) is 5.88. The molecule has 0 spiro atoms. The van der Waals surface area contributed by atoms with Gasteiger partial charge in [-0.05, 0) is 55.9 Å². The number of fused-ring (bicyclic) bond motifs is 1.